The molecule has 1 aromatic heterocycles. The van der Waals surface area contributed by atoms with Gasteiger partial charge < -0.3 is 10.0 Å². The van der Waals surface area contributed by atoms with Crippen molar-refractivity contribution in [3.63, 3.8) is 0 Å². The Morgan fingerprint density at radius 3 is 2.17 bits per heavy atom. The highest BCUT2D eigenvalue weighted by molar-refractivity contribution is 8.04. The van der Waals surface area contributed by atoms with Gasteiger partial charge in [-0.1, -0.05) is 60.5 Å². The fourth-order valence-electron chi connectivity index (χ4n) is 4.70. The van der Waals surface area contributed by atoms with Crippen LogP contribution in [0.5, 0.6) is 5.75 Å². The van der Waals surface area contributed by atoms with Crippen molar-refractivity contribution >= 4 is 29.4 Å². The predicted octanol–water partition coefficient (Wildman–Crippen LogP) is 7.74. The van der Waals surface area contributed by atoms with E-state index in [4.69, 9.17) is 0 Å². The largest absolute Gasteiger partial charge is 0.507 e. The van der Waals surface area contributed by atoms with Gasteiger partial charge in [-0.15, -0.1) is 23.5 Å². The number of thioether (sulfide) groups is 2. The van der Waals surface area contributed by atoms with E-state index in [0.29, 0.717) is 22.0 Å². The van der Waals surface area contributed by atoms with Crippen molar-refractivity contribution in [3.8, 4) is 5.75 Å². The van der Waals surface area contributed by atoms with Gasteiger partial charge in [0.25, 0.3) is 0 Å². The molecule has 1 saturated carbocycles. The molecular weight excluding hydrogens is 484 g/mol. The Morgan fingerprint density at radius 2 is 1.64 bits per heavy atom. The second-order valence-electron chi connectivity index (χ2n) is 12.1. The number of nitrogens with zero attached hydrogens (tertiary/aromatic N) is 2. The van der Waals surface area contributed by atoms with Crippen molar-refractivity contribution in [1.82, 2.24) is 9.88 Å². The smallest absolute Gasteiger partial charge is 0.232 e. The van der Waals surface area contributed by atoms with E-state index in [9.17, 15) is 9.90 Å². The molecule has 3 atom stereocenters. The molecule has 4 nitrogen and oxygen atoms in total. The van der Waals surface area contributed by atoms with E-state index >= 15 is 0 Å². The van der Waals surface area contributed by atoms with Gasteiger partial charge in [0.15, 0.2) is 0 Å². The van der Waals surface area contributed by atoms with Crippen LogP contribution < -0.4 is 0 Å². The number of phenolic OH excluding ortho intramolecular Hbond substituents is 1. The van der Waals surface area contributed by atoms with Crippen LogP contribution in [-0.4, -0.2) is 44.2 Å². The maximum atomic E-state index is 13.1. The molecule has 3 rings (SSSR count). The van der Waals surface area contributed by atoms with Crippen LogP contribution in [-0.2, 0) is 15.6 Å². The second kappa shape index (κ2) is 11.8. The van der Waals surface area contributed by atoms with Gasteiger partial charge in [-0.25, -0.2) is 0 Å². The number of pyridine rings is 1. The van der Waals surface area contributed by atoms with Crippen molar-refractivity contribution in [3.05, 3.63) is 53.3 Å². The first kappa shape index (κ1) is 28.9. The molecule has 0 aliphatic heterocycles. The van der Waals surface area contributed by atoms with E-state index in [1.165, 1.54) is 17.7 Å². The van der Waals surface area contributed by atoms with Crippen LogP contribution in [0.15, 0.2) is 41.4 Å². The molecule has 0 spiro atoms. The molecule has 1 aliphatic carbocycles. The van der Waals surface area contributed by atoms with Gasteiger partial charge >= 0.3 is 0 Å². The molecule has 2 aromatic rings. The zero-order valence-corrected chi connectivity index (χ0v) is 24.9. The van der Waals surface area contributed by atoms with Crippen LogP contribution in [0.3, 0.4) is 0 Å². The molecule has 1 heterocycles. The molecule has 198 valence electrons. The SMILES string of the molecule is CC(c1ccccn1)N(C)C(=O)CSC1CCCCC1Sc1cc(C(C)(C)C)c(O)c(C(C)(C)C)c1. The fourth-order valence-corrected chi connectivity index (χ4v) is 7.64. The monoisotopic (exact) mass is 528 g/mol. The van der Waals surface area contributed by atoms with Crippen LogP contribution >= 0.6 is 23.5 Å². The molecule has 0 bridgehead atoms. The lowest BCUT2D eigenvalue weighted by molar-refractivity contribution is -0.129. The van der Waals surface area contributed by atoms with Crippen molar-refractivity contribution in [2.24, 2.45) is 0 Å². The maximum Gasteiger partial charge on any atom is 0.232 e. The van der Waals surface area contributed by atoms with Gasteiger partial charge in [-0.3, -0.25) is 9.78 Å². The number of carbonyl (C=O) groups is 1. The Kier molecular flexibility index (Phi) is 9.48. The molecule has 1 amide bonds. The van der Waals surface area contributed by atoms with Crippen molar-refractivity contribution in [1.29, 1.82) is 0 Å². The van der Waals surface area contributed by atoms with E-state index in [2.05, 4.69) is 58.7 Å². The summed E-state index contributed by atoms with van der Waals surface area (Å²) in [5.41, 5.74) is 2.67. The number of aromatic nitrogens is 1. The molecular formula is C30H44N2O2S2. The average Bonchev–Trinajstić information content (AvgIpc) is 2.82. The molecule has 1 N–H and O–H groups in total. The average molecular weight is 529 g/mol. The van der Waals surface area contributed by atoms with Crippen molar-refractivity contribution in [2.45, 2.75) is 106 Å². The first-order valence-corrected chi connectivity index (χ1v) is 15.0. The highest BCUT2D eigenvalue weighted by Crippen LogP contribution is 2.45. The summed E-state index contributed by atoms with van der Waals surface area (Å²) in [4.78, 5) is 20.5. The zero-order chi connectivity index (χ0) is 26.7. The van der Waals surface area contributed by atoms with Crippen LogP contribution in [0, 0.1) is 0 Å². The Hall–Kier alpha value is -1.66. The first-order valence-electron chi connectivity index (χ1n) is 13.1. The van der Waals surface area contributed by atoms with E-state index < -0.39 is 0 Å². The van der Waals surface area contributed by atoms with Gasteiger partial charge in [-0.05, 0) is 54.9 Å². The number of carbonyl (C=O) groups excluding carboxylic acids is 1. The summed E-state index contributed by atoms with van der Waals surface area (Å²) in [6, 6.07) is 10.2. The summed E-state index contributed by atoms with van der Waals surface area (Å²) in [6.07, 6.45) is 6.54. The Morgan fingerprint density at radius 1 is 1.06 bits per heavy atom. The molecule has 1 aliphatic rings. The third-order valence-electron chi connectivity index (χ3n) is 7.14. The molecule has 6 heteroatoms. The maximum absolute atomic E-state index is 13.1. The standard InChI is InChI=1S/C30H44N2O2S2/c1-20(24-13-11-12-16-31-24)32(8)27(33)19-35-25-14-9-10-15-26(25)36-21-17-22(29(2,3)4)28(34)23(18-21)30(5,6)7/h11-13,16-18,20,25-26,34H,9-10,14-15,19H2,1-8H3. The lowest BCUT2D eigenvalue weighted by atomic mass is 9.79. The summed E-state index contributed by atoms with van der Waals surface area (Å²) in [5, 5.41) is 12.0. The molecule has 36 heavy (non-hydrogen) atoms. The topological polar surface area (TPSA) is 53.4 Å². The number of hydrogen-bond acceptors (Lipinski definition) is 5. The Labute approximate surface area is 227 Å². The van der Waals surface area contributed by atoms with E-state index in [1.807, 2.05) is 60.6 Å². The lowest BCUT2D eigenvalue weighted by Crippen LogP contribution is -2.33. The fraction of sp³-hybridized carbons (Fsp3) is 0.600. The number of hydrogen-bond donors (Lipinski definition) is 1. The van der Waals surface area contributed by atoms with Crippen LogP contribution in [0.25, 0.3) is 0 Å². The van der Waals surface area contributed by atoms with Gasteiger partial charge in [0.2, 0.25) is 5.91 Å². The van der Waals surface area contributed by atoms with E-state index in [0.717, 1.165) is 29.7 Å². The van der Waals surface area contributed by atoms with Gasteiger partial charge in [-0.2, -0.15) is 0 Å². The van der Waals surface area contributed by atoms with Gasteiger partial charge in [0.05, 0.1) is 17.5 Å². The molecule has 1 fully saturated rings. The Balaban J connectivity index is 1.73. The minimum Gasteiger partial charge on any atom is -0.507 e. The third-order valence-corrected chi connectivity index (χ3v) is 10.1. The van der Waals surface area contributed by atoms with Crippen LogP contribution in [0.1, 0.15) is 97.0 Å². The second-order valence-corrected chi connectivity index (χ2v) is 14.6. The number of amides is 1. The zero-order valence-electron chi connectivity index (χ0n) is 23.3. The molecule has 0 saturated heterocycles. The van der Waals surface area contributed by atoms with Crippen LogP contribution in [0.2, 0.25) is 0 Å². The summed E-state index contributed by atoms with van der Waals surface area (Å²) >= 11 is 3.75. The lowest BCUT2D eigenvalue weighted by Gasteiger charge is -2.33. The minimum atomic E-state index is -0.136. The van der Waals surface area contributed by atoms with Gasteiger partial charge in [0.1, 0.15) is 5.75 Å². The van der Waals surface area contributed by atoms with E-state index in [1.54, 1.807) is 6.20 Å². The number of rotatable bonds is 7. The predicted molar refractivity (Wildman–Crippen MR) is 155 cm³/mol. The Bertz CT molecular complexity index is 992. The third kappa shape index (κ3) is 7.22. The van der Waals surface area contributed by atoms with Crippen molar-refractivity contribution in [2.75, 3.05) is 12.8 Å². The van der Waals surface area contributed by atoms with Crippen LogP contribution in [0.4, 0.5) is 0 Å². The number of aromatic hydroxyl groups is 1. The minimum absolute atomic E-state index is 0.0422. The summed E-state index contributed by atoms with van der Waals surface area (Å²) in [5.74, 6) is 1.08. The quantitative estimate of drug-likeness (QED) is 0.398. The number of benzene rings is 1. The normalized spacial score (nSPS) is 19.7. The highest BCUT2D eigenvalue weighted by atomic mass is 32.2. The first-order chi connectivity index (χ1) is 16.8. The van der Waals surface area contributed by atoms with Crippen molar-refractivity contribution < 1.29 is 9.90 Å². The number of phenols is 1. The highest BCUT2D eigenvalue weighted by Gasteiger charge is 2.31. The molecule has 3 unspecified atom stereocenters. The molecule has 0 radical (unpaired) electrons. The van der Waals surface area contributed by atoms with E-state index in [-0.39, 0.29) is 22.8 Å². The summed E-state index contributed by atoms with van der Waals surface area (Å²) < 4.78 is 0. The summed E-state index contributed by atoms with van der Waals surface area (Å²) in [6.45, 7) is 15.0. The summed E-state index contributed by atoms with van der Waals surface area (Å²) in [7, 11) is 1.88. The van der Waals surface area contributed by atoms with Gasteiger partial charge in [0, 0.05) is 39.8 Å². The molecule has 1 aromatic carbocycles.